The van der Waals surface area contributed by atoms with E-state index in [1.165, 1.54) is 55.6 Å². The van der Waals surface area contributed by atoms with E-state index in [-0.39, 0.29) is 32.9 Å². The van der Waals surface area contributed by atoms with Crippen molar-refractivity contribution in [2.24, 2.45) is 0 Å². The van der Waals surface area contributed by atoms with Gasteiger partial charge in [0.15, 0.2) is 0 Å². The number of hydrogen-bond donors (Lipinski definition) is 0. The number of fused-ring (bicyclic) bond motifs is 1. The third-order valence-electron chi connectivity index (χ3n) is 4.78. The number of carbonyl (C=O) groups excluding carboxylic acids is 1. The third-order valence-corrected chi connectivity index (χ3v) is 5.11. The fraction of sp³-hybridized carbons (Fsp3) is 0.0833. The van der Waals surface area contributed by atoms with Crippen molar-refractivity contribution in [3.8, 4) is 22.6 Å². The molecule has 3 aromatic carbocycles. The van der Waals surface area contributed by atoms with Crippen LogP contribution < -0.4 is 14.9 Å². The Kier molecular flexibility index (Phi) is 5.86. The van der Waals surface area contributed by atoms with Crippen molar-refractivity contribution in [3.05, 3.63) is 93.3 Å². The summed E-state index contributed by atoms with van der Waals surface area (Å²) in [5, 5.41) is -0.155. The number of halogens is 4. The first-order chi connectivity index (χ1) is 15.7. The van der Waals surface area contributed by atoms with Crippen LogP contribution in [0.3, 0.4) is 0 Å². The van der Waals surface area contributed by atoms with Gasteiger partial charge in [-0.25, -0.2) is 4.79 Å². The predicted molar refractivity (Wildman–Crippen MR) is 116 cm³/mol. The molecule has 0 unspecified atom stereocenters. The van der Waals surface area contributed by atoms with Crippen LogP contribution in [-0.4, -0.2) is 13.1 Å². The molecule has 0 fully saturated rings. The number of esters is 1. The minimum Gasteiger partial charge on any atom is -0.497 e. The fourth-order valence-electron chi connectivity index (χ4n) is 3.26. The molecule has 1 heterocycles. The van der Waals surface area contributed by atoms with Crippen LogP contribution >= 0.6 is 11.6 Å². The largest absolute Gasteiger partial charge is 0.497 e. The molecule has 0 N–H and O–H groups in total. The molecular formula is C24H14ClF3O5. The second-order valence-corrected chi connectivity index (χ2v) is 7.30. The van der Waals surface area contributed by atoms with Gasteiger partial charge in [-0.05, 0) is 36.4 Å². The standard InChI is InChI=1S/C24H14ClF3O5/c1-31-14-6-4-5-13(11-14)23(30)32-15-9-10-17-19(12-15)33-22(24(26,27)28)20(21(17)29)16-7-2-3-8-18(16)25/h2-12H,1H3. The summed E-state index contributed by atoms with van der Waals surface area (Å²) in [6.07, 6.45) is -4.98. The topological polar surface area (TPSA) is 65.7 Å². The van der Waals surface area contributed by atoms with Gasteiger partial charge in [0, 0.05) is 16.7 Å². The summed E-state index contributed by atoms with van der Waals surface area (Å²) in [6, 6.07) is 15.4. The zero-order chi connectivity index (χ0) is 23.8. The van der Waals surface area contributed by atoms with E-state index in [1.54, 1.807) is 12.1 Å². The smallest absolute Gasteiger partial charge is 0.450 e. The van der Waals surface area contributed by atoms with Crippen LogP contribution in [0.5, 0.6) is 11.5 Å². The lowest BCUT2D eigenvalue weighted by atomic mass is 10.0. The zero-order valence-electron chi connectivity index (χ0n) is 16.9. The molecule has 0 amide bonds. The lowest BCUT2D eigenvalue weighted by Crippen LogP contribution is -2.16. The summed E-state index contributed by atoms with van der Waals surface area (Å²) in [5.41, 5.74) is -1.93. The van der Waals surface area contributed by atoms with Crippen molar-refractivity contribution in [2.75, 3.05) is 7.11 Å². The third kappa shape index (κ3) is 4.42. The van der Waals surface area contributed by atoms with Crippen LogP contribution in [0.25, 0.3) is 22.1 Å². The van der Waals surface area contributed by atoms with Crippen molar-refractivity contribution in [3.63, 3.8) is 0 Å². The summed E-state index contributed by atoms with van der Waals surface area (Å²) in [4.78, 5) is 25.5. The SMILES string of the molecule is COc1cccc(C(=O)Oc2ccc3c(=O)c(-c4ccccc4Cl)c(C(F)(F)F)oc3c2)c1. The van der Waals surface area contributed by atoms with E-state index >= 15 is 0 Å². The molecule has 0 saturated heterocycles. The molecule has 0 bridgehead atoms. The number of carbonyl (C=O) groups is 1. The van der Waals surface area contributed by atoms with E-state index < -0.39 is 28.9 Å². The molecule has 0 aliphatic carbocycles. The number of hydrogen-bond acceptors (Lipinski definition) is 5. The van der Waals surface area contributed by atoms with Crippen molar-refractivity contribution in [2.45, 2.75) is 6.18 Å². The predicted octanol–water partition coefficient (Wildman–Crippen LogP) is 6.36. The molecule has 4 aromatic rings. The number of ether oxygens (including phenoxy) is 2. The van der Waals surface area contributed by atoms with Gasteiger partial charge in [0.25, 0.3) is 0 Å². The van der Waals surface area contributed by atoms with E-state index in [2.05, 4.69) is 0 Å². The monoisotopic (exact) mass is 474 g/mol. The molecule has 0 aliphatic heterocycles. The van der Waals surface area contributed by atoms with Gasteiger partial charge in [-0.1, -0.05) is 35.9 Å². The first-order valence-electron chi connectivity index (χ1n) is 9.48. The quantitative estimate of drug-likeness (QED) is 0.254. The Hall–Kier alpha value is -3.78. The van der Waals surface area contributed by atoms with Gasteiger partial charge < -0.3 is 13.9 Å². The van der Waals surface area contributed by atoms with Gasteiger partial charge >= 0.3 is 12.1 Å². The van der Waals surface area contributed by atoms with Crippen LogP contribution in [-0.2, 0) is 6.18 Å². The number of methoxy groups -OCH3 is 1. The van der Waals surface area contributed by atoms with Crippen molar-refractivity contribution >= 4 is 28.5 Å². The maximum absolute atomic E-state index is 13.8. The normalized spacial score (nSPS) is 11.4. The Bertz CT molecular complexity index is 1430. The highest BCUT2D eigenvalue weighted by Gasteiger charge is 2.39. The highest BCUT2D eigenvalue weighted by Crippen LogP contribution is 2.39. The Morgan fingerprint density at radius 3 is 2.42 bits per heavy atom. The molecule has 5 nitrogen and oxygen atoms in total. The molecule has 168 valence electrons. The van der Waals surface area contributed by atoms with E-state index in [0.717, 1.165) is 6.07 Å². The first kappa shape index (κ1) is 22.4. The number of rotatable bonds is 4. The van der Waals surface area contributed by atoms with Gasteiger partial charge in [0.05, 0.1) is 23.6 Å². The summed E-state index contributed by atoms with van der Waals surface area (Å²) >= 11 is 6.05. The summed E-state index contributed by atoms with van der Waals surface area (Å²) in [5.74, 6) is -1.93. The number of benzene rings is 3. The molecule has 33 heavy (non-hydrogen) atoms. The minimum absolute atomic E-state index is 0.0292. The fourth-order valence-corrected chi connectivity index (χ4v) is 3.49. The summed E-state index contributed by atoms with van der Waals surface area (Å²) < 4.78 is 56.8. The van der Waals surface area contributed by atoms with Crippen LogP contribution in [0, 0.1) is 0 Å². The van der Waals surface area contributed by atoms with E-state index in [1.807, 2.05) is 0 Å². The molecule has 0 spiro atoms. The Labute approximate surface area is 189 Å². The molecule has 0 aliphatic rings. The highest BCUT2D eigenvalue weighted by molar-refractivity contribution is 6.33. The van der Waals surface area contributed by atoms with Crippen LogP contribution in [0.4, 0.5) is 13.2 Å². The van der Waals surface area contributed by atoms with Crippen LogP contribution in [0.2, 0.25) is 5.02 Å². The molecule has 0 radical (unpaired) electrons. The molecule has 0 saturated carbocycles. The van der Waals surface area contributed by atoms with Gasteiger partial charge in [-0.2, -0.15) is 13.2 Å². The lowest BCUT2D eigenvalue weighted by molar-refractivity contribution is -0.152. The molecule has 9 heteroatoms. The lowest BCUT2D eigenvalue weighted by Gasteiger charge is -2.14. The minimum atomic E-state index is -4.98. The Morgan fingerprint density at radius 2 is 1.73 bits per heavy atom. The Balaban J connectivity index is 1.82. The van der Waals surface area contributed by atoms with Gasteiger partial charge in [-0.3, -0.25) is 4.79 Å². The van der Waals surface area contributed by atoms with Crippen molar-refractivity contribution in [1.29, 1.82) is 0 Å². The average molecular weight is 475 g/mol. The molecular weight excluding hydrogens is 461 g/mol. The van der Waals surface area contributed by atoms with E-state index in [4.69, 9.17) is 25.5 Å². The van der Waals surface area contributed by atoms with Crippen molar-refractivity contribution < 1.29 is 31.9 Å². The van der Waals surface area contributed by atoms with Gasteiger partial charge in [0.1, 0.15) is 17.1 Å². The number of alkyl halides is 3. The average Bonchev–Trinajstić information content (AvgIpc) is 2.79. The second kappa shape index (κ2) is 8.63. The highest BCUT2D eigenvalue weighted by atomic mass is 35.5. The van der Waals surface area contributed by atoms with E-state index in [0.29, 0.717) is 5.75 Å². The first-order valence-corrected chi connectivity index (χ1v) is 9.86. The maximum Gasteiger partial charge on any atom is 0.450 e. The molecule has 1 aromatic heterocycles. The molecule has 4 rings (SSSR count). The van der Waals surface area contributed by atoms with Gasteiger partial charge in [-0.15, -0.1) is 0 Å². The Morgan fingerprint density at radius 1 is 0.970 bits per heavy atom. The van der Waals surface area contributed by atoms with Crippen LogP contribution in [0.1, 0.15) is 16.1 Å². The van der Waals surface area contributed by atoms with Crippen molar-refractivity contribution in [1.82, 2.24) is 0 Å². The van der Waals surface area contributed by atoms with Crippen LogP contribution in [0.15, 0.2) is 75.9 Å². The maximum atomic E-state index is 13.8. The van der Waals surface area contributed by atoms with E-state index in [9.17, 15) is 22.8 Å². The molecule has 0 atom stereocenters. The second-order valence-electron chi connectivity index (χ2n) is 6.89. The summed E-state index contributed by atoms with van der Waals surface area (Å²) in [6.45, 7) is 0. The van der Waals surface area contributed by atoms with Gasteiger partial charge in [0.2, 0.25) is 11.2 Å². The zero-order valence-corrected chi connectivity index (χ0v) is 17.7. The summed E-state index contributed by atoms with van der Waals surface area (Å²) in [7, 11) is 1.44.